The molecule has 0 atom stereocenters. The van der Waals surface area contributed by atoms with Gasteiger partial charge in [-0.2, -0.15) is 0 Å². The van der Waals surface area contributed by atoms with Gasteiger partial charge in [-0.25, -0.2) is 0 Å². The molecule has 2 rings (SSSR count). The van der Waals surface area contributed by atoms with Gasteiger partial charge in [-0.1, -0.05) is 43.1 Å². The Labute approximate surface area is 121 Å². The minimum atomic E-state index is 0. The van der Waals surface area contributed by atoms with Crippen LogP contribution in [-0.2, 0) is 39.1 Å². The van der Waals surface area contributed by atoms with Gasteiger partial charge in [0.2, 0.25) is 0 Å². The van der Waals surface area contributed by atoms with Crippen molar-refractivity contribution in [3.05, 3.63) is 59.2 Å². The maximum absolute atomic E-state index is 4.37. The molecule has 1 aromatic heterocycles. The fourth-order valence-electron chi connectivity index (χ4n) is 1.52. The molecule has 2 aromatic rings. The zero-order chi connectivity index (χ0) is 10.7. The van der Waals surface area contributed by atoms with E-state index in [9.17, 15) is 0 Å². The molecule has 3 heteroatoms. The Kier molecular flexibility index (Phi) is 5.23. The maximum atomic E-state index is 4.37. The van der Waals surface area contributed by atoms with Gasteiger partial charge in [0.15, 0.2) is 0 Å². The van der Waals surface area contributed by atoms with Crippen molar-refractivity contribution >= 4 is 0 Å². The van der Waals surface area contributed by atoms with Crippen molar-refractivity contribution in [2.75, 3.05) is 0 Å². The number of aryl methyl sites for hydroxylation is 2. The number of benzene rings is 1. The Hall–Kier alpha value is -0.596. The van der Waals surface area contributed by atoms with E-state index in [0.717, 1.165) is 17.9 Å². The predicted molar refractivity (Wildman–Crippen MR) is 59.6 cm³/mol. The summed E-state index contributed by atoms with van der Waals surface area (Å²) in [7, 11) is 0. The molecule has 0 saturated heterocycles. The van der Waals surface area contributed by atoms with Crippen molar-refractivity contribution in [1.29, 1.82) is 0 Å². The molecular weight excluding hydrogens is 273 g/mol. The standard InChI is InChI=1S/C13H13N2.Y/c1-10-5-3-4-6-12(10)9-13-14-8-7-11(2)15-13;/h3-7H,9H2,1-2H3;/q-1;. The predicted octanol–water partition coefficient (Wildman–Crippen LogP) is 2.48. The summed E-state index contributed by atoms with van der Waals surface area (Å²) in [6.07, 6.45) is 3.64. The second-order valence-corrected chi connectivity index (χ2v) is 3.66. The molecule has 1 heterocycles. The molecule has 0 fully saturated rings. The van der Waals surface area contributed by atoms with Crippen LogP contribution in [0, 0.1) is 20.0 Å². The van der Waals surface area contributed by atoms with Crippen LogP contribution >= 0.6 is 0 Å². The molecule has 0 aliphatic carbocycles. The maximum Gasteiger partial charge on any atom is 0.0182 e. The molecule has 79 valence electrons. The fourth-order valence-corrected chi connectivity index (χ4v) is 1.52. The normalized spacial score (nSPS) is 9.62. The minimum Gasteiger partial charge on any atom is -0.373 e. The first-order chi connectivity index (χ1) is 7.25. The molecule has 1 radical (unpaired) electrons. The van der Waals surface area contributed by atoms with E-state index < -0.39 is 0 Å². The van der Waals surface area contributed by atoms with Crippen LogP contribution in [0.4, 0.5) is 0 Å². The third-order valence-electron chi connectivity index (χ3n) is 2.38. The monoisotopic (exact) mass is 286 g/mol. The van der Waals surface area contributed by atoms with Crippen molar-refractivity contribution in [3.63, 3.8) is 0 Å². The van der Waals surface area contributed by atoms with Crippen LogP contribution in [0.5, 0.6) is 0 Å². The summed E-state index contributed by atoms with van der Waals surface area (Å²) in [5.74, 6) is 0.837. The van der Waals surface area contributed by atoms with Gasteiger partial charge in [0, 0.05) is 38.5 Å². The van der Waals surface area contributed by atoms with E-state index in [4.69, 9.17) is 0 Å². The average Bonchev–Trinajstić information content (AvgIpc) is 2.22. The van der Waals surface area contributed by atoms with Gasteiger partial charge >= 0.3 is 0 Å². The Morgan fingerprint density at radius 2 is 1.94 bits per heavy atom. The van der Waals surface area contributed by atoms with Crippen LogP contribution in [0.1, 0.15) is 22.6 Å². The van der Waals surface area contributed by atoms with Crippen molar-refractivity contribution in [1.82, 2.24) is 9.97 Å². The van der Waals surface area contributed by atoms with E-state index in [-0.39, 0.29) is 32.7 Å². The first-order valence-electron chi connectivity index (χ1n) is 5.01. The zero-order valence-electron chi connectivity index (χ0n) is 9.57. The van der Waals surface area contributed by atoms with Crippen molar-refractivity contribution in [2.24, 2.45) is 0 Å². The summed E-state index contributed by atoms with van der Waals surface area (Å²) >= 11 is 0. The van der Waals surface area contributed by atoms with Crippen LogP contribution in [0.2, 0.25) is 0 Å². The van der Waals surface area contributed by atoms with Crippen LogP contribution < -0.4 is 0 Å². The van der Waals surface area contributed by atoms with Crippen LogP contribution in [0.3, 0.4) is 0 Å². The Balaban J connectivity index is 0.00000128. The van der Waals surface area contributed by atoms with Crippen LogP contribution in [-0.4, -0.2) is 9.97 Å². The van der Waals surface area contributed by atoms with E-state index in [1.54, 1.807) is 6.07 Å². The zero-order valence-corrected chi connectivity index (χ0v) is 12.4. The molecule has 0 unspecified atom stereocenters. The molecule has 2 nitrogen and oxygen atoms in total. The first kappa shape index (κ1) is 13.5. The first-order valence-corrected chi connectivity index (χ1v) is 5.01. The number of hydrogen-bond acceptors (Lipinski definition) is 2. The number of hydrogen-bond donors (Lipinski definition) is 0. The summed E-state index contributed by atoms with van der Waals surface area (Å²) in [5.41, 5.74) is 3.52. The average molecular weight is 286 g/mol. The number of aromatic nitrogens is 2. The summed E-state index contributed by atoms with van der Waals surface area (Å²) in [5, 5.41) is 0. The van der Waals surface area contributed by atoms with Crippen LogP contribution in [0.25, 0.3) is 0 Å². The Morgan fingerprint density at radius 1 is 1.19 bits per heavy atom. The van der Waals surface area contributed by atoms with Gasteiger partial charge in [-0.05, 0) is 24.5 Å². The molecule has 16 heavy (non-hydrogen) atoms. The molecule has 0 amide bonds. The van der Waals surface area contributed by atoms with E-state index in [1.165, 1.54) is 11.1 Å². The molecule has 0 N–H and O–H groups in total. The van der Waals surface area contributed by atoms with E-state index in [0.29, 0.717) is 0 Å². The largest absolute Gasteiger partial charge is 0.373 e. The number of nitrogens with zero attached hydrogens (tertiary/aromatic N) is 2. The fraction of sp³-hybridized carbons (Fsp3) is 0.231. The van der Waals surface area contributed by atoms with E-state index in [1.807, 2.05) is 19.1 Å². The summed E-state index contributed by atoms with van der Waals surface area (Å²) in [6, 6.07) is 10.1. The third-order valence-corrected chi connectivity index (χ3v) is 2.38. The summed E-state index contributed by atoms with van der Waals surface area (Å²) in [6.45, 7) is 4.06. The molecule has 0 aliphatic heterocycles. The molecule has 0 saturated carbocycles. The molecule has 0 spiro atoms. The van der Waals surface area contributed by atoms with E-state index in [2.05, 4.69) is 35.2 Å². The van der Waals surface area contributed by atoms with E-state index >= 15 is 0 Å². The molecular formula is C13H13N2Y-. The smallest absolute Gasteiger partial charge is 0.0182 e. The van der Waals surface area contributed by atoms with Crippen LogP contribution in [0.15, 0.2) is 30.3 Å². The van der Waals surface area contributed by atoms with Crippen molar-refractivity contribution in [3.8, 4) is 0 Å². The van der Waals surface area contributed by atoms with Gasteiger partial charge in [-0.15, -0.1) is 6.07 Å². The second-order valence-electron chi connectivity index (χ2n) is 3.66. The topological polar surface area (TPSA) is 25.8 Å². The second kappa shape index (κ2) is 6.22. The molecule has 0 bridgehead atoms. The SMILES string of the molecule is Cc1c[c-]nc(Cc2ccccc2C)n1.[Y]. The van der Waals surface area contributed by atoms with Gasteiger partial charge in [0.1, 0.15) is 0 Å². The Morgan fingerprint density at radius 3 is 2.62 bits per heavy atom. The summed E-state index contributed by atoms with van der Waals surface area (Å²) < 4.78 is 0. The summed E-state index contributed by atoms with van der Waals surface area (Å²) in [4.78, 5) is 8.51. The van der Waals surface area contributed by atoms with Crippen molar-refractivity contribution < 1.29 is 32.7 Å². The van der Waals surface area contributed by atoms with Gasteiger partial charge < -0.3 is 9.97 Å². The Bertz CT molecular complexity index is 469. The quantitative estimate of drug-likeness (QED) is 0.793. The molecule has 0 aliphatic rings. The van der Waals surface area contributed by atoms with Gasteiger partial charge in [0.05, 0.1) is 0 Å². The van der Waals surface area contributed by atoms with Gasteiger partial charge in [-0.3, -0.25) is 0 Å². The molecule has 1 aromatic carbocycles. The van der Waals surface area contributed by atoms with Crippen molar-refractivity contribution in [2.45, 2.75) is 20.3 Å². The third kappa shape index (κ3) is 3.46. The minimum absolute atomic E-state index is 0. The number of rotatable bonds is 2. The van der Waals surface area contributed by atoms with Gasteiger partial charge in [0.25, 0.3) is 0 Å².